The molecule has 21 aromatic carbocycles. The molecule has 0 radical (unpaired) electrons. The van der Waals surface area contributed by atoms with E-state index in [1.54, 1.807) is 0 Å². The van der Waals surface area contributed by atoms with Crippen LogP contribution in [0.4, 0.5) is 0 Å². The summed E-state index contributed by atoms with van der Waals surface area (Å²) in [5.74, 6) is 5.69. The average molecular weight is 1970 g/mol. The maximum atomic E-state index is 5.23. The summed E-state index contributed by atoms with van der Waals surface area (Å²) in [5, 5.41) is 15.0. The highest BCUT2D eigenvalue weighted by atomic mass is 32.1. The zero-order valence-electron chi connectivity index (χ0n) is 80.6. The van der Waals surface area contributed by atoms with Gasteiger partial charge in [-0.2, -0.15) is 9.97 Å². The van der Waals surface area contributed by atoms with Gasteiger partial charge in [0, 0.05) is 137 Å². The van der Waals surface area contributed by atoms with Crippen molar-refractivity contribution in [2.24, 2.45) is 0 Å². The molecule has 30 rings (SSSR count). The summed E-state index contributed by atoms with van der Waals surface area (Å²) in [5.41, 5.74) is 25.8. The fraction of sp³-hybridized carbons (Fsp3) is 0. The summed E-state index contributed by atoms with van der Waals surface area (Å²) in [4.78, 5) is 45.6. The first kappa shape index (κ1) is 88.4. The number of benzene rings is 21. The average Bonchev–Trinajstić information content (AvgIpc) is 1.58. The Morgan fingerprint density at radius 1 is 0.133 bits per heavy atom. The van der Waals surface area contributed by atoms with E-state index in [4.69, 9.17) is 44.9 Å². The maximum Gasteiger partial charge on any atom is 0.238 e. The van der Waals surface area contributed by atoms with Gasteiger partial charge in [-0.3, -0.25) is 4.57 Å². The molecule has 0 aliphatic carbocycles. The zero-order chi connectivity index (χ0) is 99.1. The van der Waals surface area contributed by atoms with Crippen LogP contribution in [0.25, 0.3) is 279 Å². The Balaban J connectivity index is 0.000000109. The minimum atomic E-state index is 0.600. The third kappa shape index (κ3) is 15.9. The monoisotopic (exact) mass is 1970 g/mol. The van der Waals surface area contributed by atoms with Crippen molar-refractivity contribution in [3.63, 3.8) is 0 Å². The van der Waals surface area contributed by atoms with Crippen LogP contribution in [0.2, 0.25) is 0 Å². The van der Waals surface area contributed by atoms with Gasteiger partial charge >= 0.3 is 0 Å². The van der Waals surface area contributed by atoms with Crippen LogP contribution < -0.4 is 0 Å². The van der Waals surface area contributed by atoms with E-state index in [1.807, 2.05) is 180 Å². The van der Waals surface area contributed by atoms with Gasteiger partial charge in [0.1, 0.15) is 0 Å². The lowest BCUT2D eigenvalue weighted by atomic mass is 10.0. The van der Waals surface area contributed by atoms with Gasteiger partial charge in [-0.05, 0) is 148 Å². The highest BCUT2D eigenvalue weighted by Gasteiger charge is 2.27. The van der Waals surface area contributed by atoms with E-state index < -0.39 is 0 Å². The molecule has 9 aromatic heterocycles. The van der Waals surface area contributed by atoms with Crippen molar-refractivity contribution in [2.45, 2.75) is 0 Å². The molecule has 0 unspecified atom stereocenters. The van der Waals surface area contributed by atoms with Gasteiger partial charge in [0.2, 0.25) is 5.95 Å². The lowest BCUT2D eigenvalue weighted by molar-refractivity contribution is 0.953. The van der Waals surface area contributed by atoms with E-state index in [2.05, 4.69) is 378 Å². The van der Waals surface area contributed by atoms with Crippen molar-refractivity contribution in [3.8, 4) is 153 Å². The normalized spacial score (nSPS) is 11.6. The van der Waals surface area contributed by atoms with Gasteiger partial charge in [0.15, 0.2) is 46.6 Å². The number of rotatable bonds is 15. The zero-order valence-corrected chi connectivity index (χ0v) is 83.0. The highest BCUT2D eigenvalue weighted by Crippen LogP contribution is 2.49. The minimum absolute atomic E-state index is 0.600. The van der Waals surface area contributed by atoms with Crippen molar-refractivity contribution in [2.75, 3.05) is 0 Å². The van der Waals surface area contributed by atoms with E-state index in [1.165, 1.54) is 121 Å². The summed E-state index contributed by atoms with van der Waals surface area (Å²) >= 11 is 5.60. The van der Waals surface area contributed by atoms with Crippen LogP contribution in [-0.4, -0.2) is 58.6 Å². The summed E-state index contributed by atoms with van der Waals surface area (Å²) in [7, 11) is 0. The summed E-state index contributed by atoms with van der Waals surface area (Å²) < 4.78 is 14.8. The Morgan fingerprint density at radius 2 is 0.373 bits per heavy atom. The number of fused-ring (bicyclic) bond motifs is 18. The molecule has 9 heterocycles. The predicted octanol–water partition coefficient (Wildman–Crippen LogP) is 36.0. The Kier molecular flexibility index (Phi) is 22.2. The molecule has 0 saturated heterocycles. The van der Waals surface area contributed by atoms with Crippen LogP contribution in [0.15, 0.2) is 510 Å². The Hall–Kier alpha value is -19.3. The number of para-hydroxylation sites is 5. The van der Waals surface area contributed by atoms with E-state index in [-0.39, 0.29) is 0 Å². The van der Waals surface area contributed by atoms with E-state index in [9.17, 15) is 0 Å². The molecule has 0 bridgehead atoms. The Labute approximate surface area is 874 Å². The molecule has 30 aromatic rings. The quantitative estimate of drug-likeness (QED) is 0.0984. The third-order valence-corrected chi connectivity index (χ3v) is 32.1. The summed E-state index contributed by atoms with van der Waals surface area (Å²) in [6, 6.07) is 179. The largest absolute Gasteiger partial charge is 0.309 e. The summed E-state index contributed by atoms with van der Waals surface area (Å²) in [6.45, 7) is 0. The molecular formula is C135H84N12S3. The lowest BCUT2D eigenvalue weighted by Crippen LogP contribution is -2.06. The lowest BCUT2D eigenvalue weighted by Gasteiger charge is -2.15. The fourth-order valence-corrected chi connectivity index (χ4v) is 25.1. The van der Waals surface area contributed by atoms with Crippen molar-refractivity contribution in [3.05, 3.63) is 510 Å². The van der Waals surface area contributed by atoms with E-state index >= 15 is 0 Å². The van der Waals surface area contributed by atoms with Crippen LogP contribution in [0.3, 0.4) is 0 Å². The van der Waals surface area contributed by atoms with E-state index in [0.717, 1.165) is 105 Å². The maximum absolute atomic E-state index is 5.23. The van der Waals surface area contributed by atoms with Crippen LogP contribution in [0, 0.1) is 0 Å². The smallest absolute Gasteiger partial charge is 0.238 e. The molecule has 0 fully saturated rings. The van der Waals surface area contributed by atoms with Crippen molar-refractivity contribution in [1.29, 1.82) is 0 Å². The highest BCUT2D eigenvalue weighted by molar-refractivity contribution is 7.27. The Morgan fingerprint density at radius 3 is 0.733 bits per heavy atom. The van der Waals surface area contributed by atoms with Gasteiger partial charge in [0.05, 0.1) is 44.5 Å². The molecule has 702 valence electrons. The minimum Gasteiger partial charge on any atom is -0.309 e. The molecule has 150 heavy (non-hydrogen) atoms. The molecule has 12 nitrogen and oxygen atoms in total. The van der Waals surface area contributed by atoms with Crippen LogP contribution in [-0.2, 0) is 0 Å². The predicted molar refractivity (Wildman–Crippen MR) is 626 cm³/mol. The molecule has 0 aliphatic rings. The van der Waals surface area contributed by atoms with Gasteiger partial charge in [0.25, 0.3) is 0 Å². The number of thiophene rings is 3. The first-order valence-corrected chi connectivity index (χ1v) is 52.6. The number of hydrogen-bond donors (Lipinski definition) is 0. The topological polar surface area (TPSA) is 131 Å². The summed E-state index contributed by atoms with van der Waals surface area (Å²) in [6.07, 6.45) is 0. The second kappa shape index (κ2) is 37.7. The third-order valence-electron chi connectivity index (χ3n) is 28.4. The molecular weight excluding hydrogens is 1890 g/mol. The first-order valence-electron chi connectivity index (χ1n) is 50.1. The van der Waals surface area contributed by atoms with E-state index in [0.29, 0.717) is 52.5 Å². The standard InChI is InChI=1S/C51H32N4S.C45H28N4S.C39H24N4S/c1-3-15-33(16-4-1)35-19-13-20-37(31-35)50-52-49(34-17-5-2-6-18-34)53-51(54-50)42-23-8-11-27-45(42)55-44-26-10-7-21-39(44)43-32-36(29-30-46(43)55)38-24-14-25-41-40-22-9-12-28-47(40)56-48(38)41;1-3-14-29(15-4-1)43-46-44(30-16-5-2-6-17-30)48-45(47-43)36-20-8-11-24-39(36)49-38-23-10-7-18-33(38)37-28-31(26-27-40(37)49)32-21-13-22-35-34-19-9-12-25-41(34)50-42(32)35;1-3-12-25(13-4-1)37-40-38(26-14-5-2-6-15-26)42-39(41-37)43-33-20-9-7-16-29(33)32-24-27(22-23-34(32)43)28-18-11-19-31-30-17-8-10-21-35(30)44-36(28)31/h1-32H;1-28H;1-24H. The van der Waals surface area contributed by atoms with Gasteiger partial charge in [-0.1, -0.05) is 406 Å². The number of aromatic nitrogens is 12. The molecule has 0 aliphatic heterocycles. The van der Waals surface area contributed by atoms with Gasteiger partial charge < -0.3 is 9.13 Å². The Bertz CT molecular complexity index is 10400. The van der Waals surface area contributed by atoms with Gasteiger partial charge in [-0.25, -0.2) is 34.9 Å². The molecule has 0 atom stereocenters. The van der Waals surface area contributed by atoms with Crippen LogP contribution >= 0.6 is 34.0 Å². The van der Waals surface area contributed by atoms with Crippen molar-refractivity contribution >= 4 is 160 Å². The van der Waals surface area contributed by atoms with Crippen molar-refractivity contribution < 1.29 is 0 Å². The fourth-order valence-electron chi connectivity index (χ4n) is 21.4. The molecule has 0 N–H and O–H groups in total. The SMILES string of the molecule is c1ccc(-c2cccc(-c3nc(-c4ccccc4)nc(-c4ccccc4-n4c5ccccc5c5cc(-c6cccc7c6sc6ccccc67)ccc54)n3)c2)cc1.c1ccc(-c2nc(-c3ccccc3)nc(-c3ccccc3-n3c4ccccc4c4cc(-c5cccc6c5sc5ccccc56)ccc43)n2)cc1.c1ccc(-c2nc(-c3ccccc3)nc(-n3c4ccccc4c4cc(-c5cccc6c5sc5ccccc56)ccc43)n2)cc1. The second-order valence-corrected chi connectivity index (χ2v) is 40.5. The molecule has 0 amide bonds. The van der Waals surface area contributed by atoms with Crippen molar-refractivity contribution in [1.82, 2.24) is 58.6 Å². The molecule has 15 heteroatoms. The first-order chi connectivity index (χ1) is 74.4. The molecule has 0 spiro atoms. The molecule has 0 saturated carbocycles. The second-order valence-electron chi connectivity index (χ2n) is 37.3. The number of hydrogen-bond acceptors (Lipinski definition) is 12. The van der Waals surface area contributed by atoms with Crippen LogP contribution in [0.1, 0.15) is 0 Å². The van der Waals surface area contributed by atoms with Gasteiger partial charge in [-0.15, -0.1) is 34.0 Å². The number of nitrogens with zero attached hydrogens (tertiary/aromatic N) is 12. The van der Waals surface area contributed by atoms with Crippen LogP contribution in [0.5, 0.6) is 0 Å².